The lowest BCUT2D eigenvalue weighted by atomic mass is 9.58. The highest BCUT2D eigenvalue weighted by atomic mass is 16.6. The first-order chi connectivity index (χ1) is 17.0. The van der Waals surface area contributed by atoms with Gasteiger partial charge in [0.15, 0.2) is 0 Å². The van der Waals surface area contributed by atoms with Crippen LogP contribution in [-0.2, 0) is 19.7 Å². The monoisotopic (exact) mass is 470 g/mol. The van der Waals surface area contributed by atoms with Crippen molar-refractivity contribution in [2.45, 2.75) is 49.4 Å². The Morgan fingerprint density at radius 3 is 2.57 bits per heavy atom. The number of hydrogen-bond donors (Lipinski definition) is 0. The Kier molecular flexibility index (Phi) is 4.22. The number of nitrogens with zero attached hydrogens (tertiary/aromatic N) is 2. The second-order valence-corrected chi connectivity index (χ2v) is 10.8. The molecule has 5 aliphatic heterocycles. The Labute approximate surface area is 205 Å². The molecule has 1 spiro atoms. The zero-order valence-corrected chi connectivity index (χ0v) is 20.3. The Bertz CT molecular complexity index is 1270. The van der Waals surface area contributed by atoms with E-state index in [4.69, 9.17) is 9.47 Å². The lowest BCUT2D eigenvalue weighted by Crippen LogP contribution is -2.71. The van der Waals surface area contributed by atoms with Gasteiger partial charge in [0.1, 0.15) is 11.5 Å². The van der Waals surface area contributed by atoms with Crippen molar-refractivity contribution in [2.24, 2.45) is 11.3 Å². The summed E-state index contributed by atoms with van der Waals surface area (Å²) in [5, 5.41) is 0. The molecular formula is C29H30N2O4. The van der Waals surface area contributed by atoms with Crippen molar-refractivity contribution in [3.05, 3.63) is 77.4 Å². The van der Waals surface area contributed by atoms with Crippen LogP contribution in [0.2, 0.25) is 0 Å². The van der Waals surface area contributed by atoms with Gasteiger partial charge in [-0.25, -0.2) is 4.79 Å². The molecule has 0 radical (unpaired) electrons. The fraction of sp³-hybridized carbons (Fsp3) is 0.448. The fourth-order valence-electron chi connectivity index (χ4n) is 8.89. The number of likely N-dealkylation sites (N-methyl/N-ethyl adjacent to an activating group) is 1. The number of benzene rings is 2. The number of fused-ring (bicyclic) bond motifs is 2. The highest BCUT2D eigenvalue weighted by Gasteiger charge is 2.84. The largest absolute Gasteiger partial charge is 0.468 e. The van der Waals surface area contributed by atoms with E-state index < -0.39 is 16.9 Å². The molecule has 6 bridgehead atoms. The summed E-state index contributed by atoms with van der Waals surface area (Å²) in [6, 6.07) is 18.0. The van der Waals surface area contributed by atoms with Gasteiger partial charge in [-0.05, 0) is 43.5 Å². The van der Waals surface area contributed by atoms with Crippen molar-refractivity contribution in [3.8, 4) is 0 Å². The molecule has 1 saturated carbocycles. The van der Waals surface area contributed by atoms with Crippen LogP contribution in [-0.4, -0.2) is 61.8 Å². The maximum Gasteiger partial charge on any atom is 0.338 e. The highest BCUT2D eigenvalue weighted by Crippen LogP contribution is 2.73. The summed E-state index contributed by atoms with van der Waals surface area (Å²) in [5.41, 5.74) is 2.75. The minimum Gasteiger partial charge on any atom is -0.468 e. The molecule has 6 aliphatic rings. The molecule has 5 heterocycles. The predicted molar refractivity (Wildman–Crippen MR) is 131 cm³/mol. The van der Waals surface area contributed by atoms with Gasteiger partial charge in [0.25, 0.3) is 0 Å². The van der Waals surface area contributed by atoms with Gasteiger partial charge in [-0.3, -0.25) is 9.69 Å². The first-order valence-corrected chi connectivity index (χ1v) is 12.6. The molecule has 6 heteroatoms. The molecule has 4 saturated heterocycles. The number of anilines is 1. The summed E-state index contributed by atoms with van der Waals surface area (Å²) < 4.78 is 12.2. The Morgan fingerprint density at radius 2 is 1.83 bits per heavy atom. The first kappa shape index (κ1) is 21.2. The Morgan fingerprint density at radius 1 is 1.09 bits per heavy atom. The van der Waals surface area contributed by atoms with Gasteiger partial charge in [0.2, 0.25) is 0 Å². The summed E-state index contributed by atoms with van der Waals surface area (Å²) >= 11 is 0. The molecule has 1 unspecified atom stereocenters. The first-order valence-electron chi connectivity index (χ1n) is 12.6. The number of para-hydroxylation sites is 1. The van der Waals surface area contributed by atoms with Gasteiger partial charge < -0.3 is 14.4 Å². The van der Waals surface area contributed by atoms with Gasteiger partial charge in [-0.1, -0.05) is 48.0 Å². The van der Waals surface area contributed by atoms with Gasteiger partial charge >= 0.3 is 11.9 Å². The third kappa shape index (κ3) is 2.25. The van der Waals surface area contributed by atoms with Crippen molar-refractivity contribution >= 4 is 17.6 Å². The van der Waals surface area contributed by atoms with Gasteiger partial charge in [-0.2, -0.15) is 0 Å². The predicted octanol–water partition coefficient (Wildman–Crippen LogP) is 3.56. The normalized spacial score (nSPS) is 40.5. The van der Waals surface area contributed by atoms with Crippen LogP contribution < -0.4 is 4.90 Å². The standard InChI is InChI=1S/C29H30N2O4/c1-4-17-16-31-22-14-20(17)29(27(33)34-3)23(31)15-28(19-12-8-9-13-21(19)30(2)24(22)28)26(29)35-25(32)18-10-6-5-7-11-18/h4-13,20,22-24,26H,14-16H2,1-3H3/b17-4-/t20-,22-,23-,24+,26-,28+,29+/m0/s1. The molecule has 180 valence electrons. The van der Waals surface area contributed by atoms with Crippen molar-refractivity contribution in [2.75, 3.05) is 25.6 Å². The second-order valence-electron chi connectivity index (χ2n) is 10.8. The highest BCUT2D eigenvalue weighted by molar-refractivity contribution is 5.91. The topological polar surface area (TPSA) is 59.1 Å². The number of allylic oxidation sites excluding steroid dienone is 1. The van der Waals surface area contributed by atoms with Gasteiger partial charge in [0.05, 0.1) is 24.1 Å². The maximum atomic E-state index is 14.0. The molecule has 2 aromatic rings. The smallest absolute Gasteiger partial charge is 0.338 e. The zero-order valence-electron chi connectivity index (χ0n) is 20.3. The number of rotatable bonds is 3. The zero-order chi connectivity index (χ0) is 24.1. The van der Waals surface area contributed by atoms with E-state index in [1.807, 2.05) is 18.2 Å². The Balaban J connectivity index is 1.50. The molecule has 0 N–H and O–H groups in total. The van der Waals surface area contributed by atoms with E-state index in [0.717, 1.165) is 19.4 Å². The van der Waals surface area contributed by atoms with Gasteiger partial charge in [-0.15, -0.1) is 0 Å². The van der Waals surface area contributed by atoms with E-state index in [0.29, 0.717) is 5.56 Å². The quantitative estimate of drug-likeness (QED) is 0.505. The molecule has 0 amide bonds. The number of piperidine rings is 4. The van der Waals surface area contributed by atoms with E-state index in [1.165, 1.54) is 23.9 Å². The summed E-state index contributed by atoms with van der Waals surface area (Å²) in [7, 11) is 3.64. The van der Waals surface area contributed by atoms with Crippen LogP contribution in [0.5, 0.6) is 0 Å². The molecular weight excluding hydrogens is 440 g/mol. The average molecular weight is 471 g/mol. The number of carbonyl (C=O) groups is 2. The van der Waals surface area contributed by atoms with Gasteiger partial charge in [0, 0.05) is 37.3 Å². The second kappa shape index (κ2) is 6.97. The molecule has 5 fully saturated rings. The van der Waals surface area contributed by atoms with Crippen LogP contribution in [0.3, 0.4) is 0 Å². The summed E-state index contributed by atoms with van der Waals surface area (Å²) in [5.74, 6) is -0.618. The molecule has 8 rings (SSSR count). The molecule has 6 nitrogen and oxygen atoms in total. The van der Waals surface area contributed by atoms with Crippen molar-refractivity contribution < 1.29 is 19.1 Å². The molecule has 1 aliphatic carbocycles. The van der Waals surface area contributed by atoms with Crippen molar-refractivity contribution in [1.29, 1.82) is 0 Å². The number of esters is 2. The molecule has 35 heavy (non-hydrogen) atoms. The van der Waals surface area contributed by atoms with Crippen molar-refractivity contribution in [1.82, 2.24) is 4.90 Å². The molecule has 8 atom stereocenters. The van der Waals surface area contributed by atoms with E-state index >= 15 is 0 Å². The minimum absolute atomic E-state index is 0.000870. The van der Waals surface area contributed by atoms with E-state index in [-0.39, 0.29) is 36.0 Å². The average Bonchev–Trinajstić information content (AvgIpc) is 3.30. The summed E-state index contributed by atoms with van der Waals surface area (Å²) in [6.07, 6.45) is 3.20. The number of methoxy groups -OCH3 is 1. The van der Waals surface area contributed by atoms with Crippen LogP contribution in [0.4, 0.5) is 5.69 Å². The lowest BCUT2D eigenvalue weighted by Gasteiger charge is -2.61. The van der Waals surface area contributed by atoms with E-state index in [1.54, 1.807) is 12.1 Å². The SMILES string of the molecule is C/C=C1/CN2[C@H]3C[C@@]45c6ccccc6N(C)[C@@H]4[C@@H]2C[C@@H]1[C@]3(C(=O)OC)[C@H]5OC(=O)c1ccccc1. The lowest BCUT2D eigenvalue weighted by molar-refractivity contribution is -0.180. The fourth-order valence-corrected chi connectivity index (χ4v) is 8.89. The van der Waals surface area contributed by atoms with Crippen LogP contribution in [0.25, 0.3) is 0 Å². The third-order valence-electron chi connectivity index (χ3n) is 9.92. The van der Waals surface area contributed by atoms with Crippen LogP contribution in [0.15, 0.2) is 66.2 Å². The summed E-state index contributed by atoms with van der Waals surface area (Å²) in [6.45, 7) is 2.92. The minimum atomic E-state index is -0.928. The molecule has 2 aromatic carbocycles. The third-order valence-corrected chi connectivity index (χ3v) is 9.92. The number of carbonyl (C=O) groups excluding carboxylic acids is 2. The van der Waals surface area contributed by atoms with E-state index in [2.05, 4.69) is 54.1 Å². The Hall–Kier alpha value is -3.12. The molecule has 0 aromatic heterocycles. The van der Waals surface area contributed by atoms with Crippen LogP contribution in [0.1, 0.15) is 35.7 Å². The van der Waals surface area contributed by atoms with E-state index in [9.17, 15) is 9.59 Å². The van der Waals surface area contributed by atoms with Crippen molar-refractivity contribution in [3.63, 3.8) is 0 Å². The van der Waals surface area contributed by atoms with Crippen LogP contribution >= 0.6 is 0 Å². The maximum absolute atomic E-state index is 14.0. The number of ether oxygens (including phenoxy) is 2. The number of hydrogen-bond acceptors (Lipinski definition) is 6. The summed E-state index contributed by atoms with van der Waals surface area (Å²) in [4.78, 5) is 32.6. The van der Waals surface area contributed by atoms with Crippen LogP contribution in [0, 0.1) is 11.3 Å².